The van der Waals surface area contributed by atoms with E-state index in [0.29, 0.717) is 31.5 Å². The van der Waals surface area contributed by atoms with Crippen LogP contribution in [0.4, 0.5) is 0 Å². The smallest absolute Gasteiger partial charge is 0.186 e. The van der Waals surface area contributed by atoms with E-state index in [9.17, 15) is 30.3 Å². The molecule has 10 heteroatoms. The quantitative estimate of drug-likeness (QED) is 0.201. The molecule has 14 atom stereocenters. The monoisotopic (exact) mass is 638 g/mol. The number of ether oxygens (including phenoxy) is 4. The molecule has 0 spiro atoms. The van der Waals surface area contributed by atoms with Crippen molar-refractivity contribution in [3.8, 4) is 0 Å². The summed E-state index contributed by atoms with van der Waals surface area (Å²) >= 11 is 0. The third-order valence-electron chi connectivity index (χ3n) is 11.3. The summed E-state index contributed by atoms with van der Waals surface area (Å²) in [5, 5.41) is 53.0. The van der Waals surface area contributed by atoms with Crippen molar-refractivity contribution in [1.29, 1.82) is 0 Å². The van der Waals surface area contributed by atoms with Gasteiger partial charge in [0, 0.05) is 11.3 Å². The number of hydrogen-bond acceptors (Lipinski definition) is 10. The highest BCUT2D eigenvalue weighted by Crippen LogP contribution is 2.58. The number of rotatable bonds is 12. The maximum absolute atomic E-state index is 14.6. The van der Waals surface area contributed by atoms with E-state index >= 15 is 0 Å². The molecule has 2 aliphatic heterocycles. The lowest BCUT2D eigenvalue weighted by Crippen LogP contribution is -2.60. The predicted octanol–water partition coefficient (Wildman–Crippen LogP) is 3.13. The lowest BCUT2D eigenvalue weighted by Gasteiger charge is -2.55. The number of fused-ring (bicyclic) bond motifs is 1. The number of aliphatic hydroxyl groups excluding tert-OH is 5. The molecule has 4 aliphatic rings. The third kappa shape index (κ3) is 7.60. The molecule has 2 heterocycles. The van der Waals surface area contributed by atoms with Crippen LogP contribution in [-0.4, -0.2) is 100 Å². The lowest BCUT2D eigenvalue weighted by atomic mass is 9.48. The van der Waals surface area contributed by atoms with Gasteiger partial charge in [0.15, 0.2) is 12.6 Å². The van der Waals surface area contributed by atoms with Crippen molar-refractivity contribution in [3.05, 3.63) is 23.3 Å². The van der Waals surface area contributed by atoms with E-state index in [-0.39, 0.29) is 30.0 Å². The number of carbonyl (C=O) groups is 1. The van der Waals surface area contributed by atoms with Gasteiger partial charge in [0.2, 0.25) is 0 Å². The molecule has 10 nitrogen and oxygen atoms in total. The minimum atomic E-state index is -1.59. The van der Waals surface area contributed by atoms with Crippen LogP contribution in [0.2, 0.25) is 0 Å². The van der Waals surface area contributed by atoms with Crippen molar-refractivity contribution in [2.75, 3.05) is 19.8 Å². The average Bonchev–Trinajstić information content (AvgIpc) is 3.50. The molecular formula is C35H58O10. The van der Waals surface area contributed by atoms with Crippen molar-refractivity contribution in [2.45, 2.75) is 130 Å². The fraction of sp³-hybridized carbons (Fsp3) is 0.857. The molecule has 45 heavy (non-hydrogen) atoms. The number of carbonyl (C=O) groups excluding carboxylic acids is 1. The lowest BCUT2D eigenvalue weighted by molar-refractivity contribution is -0.317. The Balaban J connectivity index is 1.74. The SMILES string of the molecule is CC/C=C(\C)[C@@H](O)[C@@H](C)[C@H](C[C@H]1C(C)=C[C@H]2C[C@@H](C)C[C@@H](C)[C@@H]2[C@@]1(C)C(=O)CC1OCCO1)O[C@@H]1O[C@H](CO)[C@@H](O)[C@H](O)[C@H]1O. The highest BCUT2D eigenvalue weighted by Gasteiger charge is 2.57. The molecule has 3 fully saturated rings. The molecule has 0 radical (unpaired) electrons. The van der Waals surface area contributed by atoms with Crippen LogP contribution in [0.3, 0.4) is 0 Å². The number of Topliss-reactive ketones (excluding diaryl/α,β-unsaturated/α-hetero) is 1. The van der Waals surface area contributed by atoms with Crippen LogP contribution in [0.25, 0.3) is 0 Å². The van der Waals surface area contributed by atoms with Gasteiger partial charge in [-0.2, -0.15) is 0 Å². The second kappa shape index (κ2) is 15.3. The van der Waals surface area contributed by atoms with Gasteiger partial charge in [-0.3, -0.25) is 4.79 Å². The highest BCUT2D eigenvalue weighted by molar-refractivity contribution is 5.86. The number of aliphatic hydroxyl groups is 5. The summed E-state index contributed by atoms with van der Waals surface area (Å²) in [6.07, 6.45) is -1.78. The summed E-state index contributed by atoms with van der Waals surface area (Å²) in [5.41, 5.74) is 1.09. The van der Waals surface area contributed by atoms with Crippen LogP contribution in [0.15, 0.2) is 23.3 Å². The van der Waals surface area contributed by atoms with E-state index in [1.807, 2.05) is 26.8 Å². The van der Waals surface area contributed by atoms with E-state index in [1.165, 1.54) is 0 Å². The normalized spacial score (nSPS) is 41.7. The van der Waals surface area contributed by atoms with Crippen LogP contribution in [-0.2, 0) is 23.7 Å². The van der Waals surface area contributed by atoms with E-state index in [0.717, 1.165) is 30.4 Å². The molecular weight excluding hydrogens is 580 g/mol. The molecule has 5 N–H and O–H groups in total. The largest absolute Gasteiger partial charge is 0.394 e. The van der Waals surface area contributed by atoms with Gasteiger partial charge in [-0.05, 0) is 74.7 Å². The van der Waals surface area contributed by atoms with Gasteiger partial charge < -0.3 is 44.5 Å². The van der Waals surface area contributed by atoms with Gasteiger partial charge in [0.05, 0.1) is 38.4 Å². The van der Waals surface area contributed by atoms with Crippen molar-refractivity contribution in [2.24, 2.45) is 40.9 Å². The summed E-state index contributed by atoms with van der Waals surface area (Å²) in [5.74, 6) is 0.526. The van der Waals surface area contributed by atoms with Gasteiger partial charge in [0.25, 0.3) is 0 Å². The van der Waals surface area contributed by atoms with Crippen LogP contribution < -0.4 is 0 Å². The van der Waals surface area contributed by atoms with E-state index < -0.39 is 67.1 Å². The zero-order valence-electron chi connectivity index (χ0n) is 28.2. The van der Waals surface area contributed by atoms with Crippen molar-refractivity contribution in [1.82, 2.24) is 0 Å². The Hall–Kier alpha value is -1.21. The Kier molecular flexibility index (Phi) is 12.5. The van der Waals surface area contributed by atoms with Crippen molar-refractivity contribution < 1.29 is 49.3 Å². The molecule has 258 valence electrons. The summed E-state index contributed by atoms with van der Waals surface area (Å²) in [7, 11) is 0. The molecule has 4 rings (SSSR count). The minimum absolute atomic E-state index is 0.0881. The molecule has 0 unspecified atom stereocenters. The first-order valence-electron chi connectivity index (χ1n) is 17.0. The molecule has 2 saturated heterocycles. The molecule has 0 bridgehead atoms. The second-order valence-corrected chi connectivity index (χ2v) is 14.6. The molecule has 2 aliphatic carbocycles. The molecule has 0 aromatic rings. The fourth-order valence-corrected chi connectivity index (χ4v) is 9.02. The first-order valence-corrected chi connectivity index (χ1v) is 17.0. The third-order valence-corrected chi connectivity index (χ3v) is 11.3. The Morgan fingerprint density at radius 1 is 1.13 bits per heavy atom. The Morgan fingerprint density at radius 3 is 2.42 bits per heavy atom. The first kappa shape index (κ1) is 36.6. The van der Waals surface area contributed by atoms with E-state index in [4.69, 9.17) is 18.9 Å². The zero-order chi connectivity index (χ0) is 33.2. The minimum Gasteiger partial charge on any atom is -0.394 e. The summed E-state index contributed by atoms with van der Waals surface area (Å²) < 4.78 is 23.7. The molecule has 0 aromatic heterocycles. The van der Waals surface area contributed by atoms with Gasteiger partial charge in [-0.15, -0.1) is 0 Å². The fourth-order valence-electron chi connectivity index (χ4n) is 9.02. The predicted molar refractivity (Wildman–Crippen MR) is 168 cm³/mol. The molecule has 0 amide bonds. The zero-order valence-corrected chi connectivity index (χ0v) is 28.2. The summed E-state index contributed by atoms with van der Waals surface area (Å²) in [6.45, 7) is 14.8. The second-order valence-electron chi connectivity index (χ2n) is 14.6. The van der Waals surface area contributed by atoms with Crippen LogP contribution in [0.1, 0.15) is 80.6 Å². The Bertz CT molecular complexity index is 1050. The Morgan fingerprint density at radius 2 is 1.80 bits per heavy atom. The standard InChI is InChI=1S/C35H58O10/c1-8-9-19(3)30(38)22(6)25(44-34-33(41)32(40)31(39)26(17-36)45-34)15-24-20(4)14-23-13-18(2)12-21(5)29(23)35(24,7)27(37)16-28-42-10-11-43-28/h9,14,18,21-26,28-34,36,38-41H,8,10-13,15-17H2,1-7H3/b19-9+/t18-,21+,22-,23+,24-,25-,26+,29-,30+,31+,32-,33+,34+,35+/m0/s1. The Labute approximate surface area is 268 Å². The number of ketones is 1. The number of hydrogen-bond donors (Lipinski definition) is 5. The topological polar surface area (TPSA) is 155 Å². The molecule has 1 saturated carbocycles. The summed E-state index contributed by atoms with van der Waals surface area (Å²) in [6, 6.07) is 0. The van der Waals surface area contributed by atoms with Crippen molar-refractivity contribution >= 4 is 5.78 Å². The van der Waals surface area contributed by atoms with E-state index in [1.54, 1.807) is 0 Å². The maximum atomic E-state index is 14.6. The number of allylic oxidation sites excluding steroid dienone is 3. The molecule has 0 aromatic carbocycles. The van der Waals surface area contributed by atoms with E-state index in [2.05, 4.69) is 33.8 Å². The van der Waals surface area contributed by atoms with Gasteiger partial charge >= 0.3 is 0 Å². The van der Waals surface area contributed by atoms with Gasteiger partial charge in [0.1, 0.15) is 30.2 Å². The van der Waals surface area contributed by atoms with Crippen molar-refractivity contribution in [3.63, 3.8) is 0 Å². The first-order chi connectivity index (χ1) is 21.2. The average molecular weight is 639 g/mol. The highest BCUT2D eigenvalue weighted by atomic mass is 16.7. The summed E-state index contributed by atoms with van der Waals surface area (Å²) in [4.78, 5) is 14.6. The van der Waals surface area contributed by atoms with Gasteiger partial charge in [-0.25, -0.2) is 0 Å². The maximum Gasteiger partial charge on any atom is 0.186 e. The van der Waals surface area contributed by atoms with Crippen LogP contribution in [0, 0.1) is 40.9 Å². The van der Waals surface area contributed by atoms with Crippen LogP contribution >= 0.6 is 0 Å². The van der Waals surface area contributed by atoms with Gasteiger partial charge in [-0.1, -0.05) is 52.3 Å². The van der Waals surface area contributed by atoms with Crippen LogP contribution in [0.5, 0.6) is 0 Å².